The van der Waals surface area contributed by atoms with E-state index in [0.29, 0.717) is 54.7 Å². The minimum absolute atomic E-state index is 0. The smallest absolute Gasteiger partial charge is 0.191 e. The van der Waals surface area contributed by atoms with E-state index in [0.717, 1.165) is 18.6 Å². The Bertz CT molecular complexity index is 571. The first-order valence-electron chi connectivity index (χ1n) is 9.03. The predicted octanol–water partition coefficient (Wildman–Crippen LogP) is 4.09. The van der Waals surface area contributed by atoms with E-state index in [2.05, 4.69) is 29.5 Å². The maximum Gasteiger partial charge on any atom is 0.191 e. The average Bonchev–Trinajstić information content (AvgIpc) is 2.62. The van der Waals surface area contributed by atoms with Crippen LogP contribution in [0.1, 0.15) is 32.8 Å². The van der Waals surface area contributed by atoms with E-state index in [-0.39, 0.29) is 24.0 Å². The highest BCUT2D eigenvalue weighted by atomic mass is 127. The van der Waals surface area contributed by atoms with E-state index in [1.165, 1.54) is 0 Å². The van der Waals surface area contributed by atoms with E-state index < -0.39 is 0 Å². The molecule has 6 nitrogen and oxygen atoms in total. The van der Waals surface area contributed by atoms with Crippen molar-refractivity contribution in [3.8, 4) is 11.5 Å². The third-order valence-electron chi connectivity index (χ3n) is 3.64. The molecule has 0 fully saturated rings. The number of benzene rings is 1. The molecule has 0 unspecified atom stereocenters. The van der Waals surface area contributed by atoms with Crippen LogP contribution in [0.5, 0.6) is 11.5 Å². The Morgan fingerprint density at radius 3 is 2.56 bits per heavy atom. The van der Waals surface area contributed by atoms with Gasteiger partial charge in [0.15, 0.2) is 17.5 Å². The molecule has 0 aliphatic carbocycles. The van der Waals surface area contributed by atoms with Crippen molar-refractivity contribution < 1.29 is 14.2 Å². The standard InChI is InChI=1S/C19H32ClN3O3.HI/c1-6-26-18-16(20)11-15(12-17(18)24-5)13-23-19(21-4)22-8-10-25-9-7-14(2)3;/h11-12,14H,6-10,13H2,1-5H3,(H2,21,22,23);1H. The highest BCUT2D eigenvalue weighted by Gasteiger charge is 2.11. The minimum atomic E-state index is 0. The summed E-state index contributed by atoms with van der Waals surface area (Å²) in [5, 5.41) is 7.01. The normalized spacial score (nSPS) is 11.1. The minimum Gasteiger partial charge on any atom is -0.493 e. The first-order chi connectivity index (χ1) is 12.5. The Hall–Kier alpha value is -0.930. The third kappa shape index (κ3) is 10.3. The lowest BCUT2D eigenvalue weighted by Gasteiger charge is -2.15. The van der Waals surface area contributed by atoms with Gasteiger partial charge in [-0.2, -0.15) is 0 Å². The Balaban J connectivity index is 0.00000676. The summed E-state index contributed by atoms with van der Waals surface area (Å²) in [5.41, 5.74) is 0.978. The molecule has 0 aliphatic rings. The lowest BCUT2D eigenvalue weighted by atomic mass is 10.1. The van der Waals surface area contributed by atoms with Crippen LogP contribution in [0, 0.1) is 5.92 Å². The van der Waals surface area contributed by atoms with Crippen LogP contribution in [0.3, 0.4) is 0 Å². The second-order valence-electron chi connectivity index (χ2n) is 6.19. The monoisotopic (exact) mass is 513 g/mol. The molecule has 0 saturated carbocycles. The van der Waals surface area contributed by atoms with E-state index in [1.807, 2.05) is 19.1 Å². The van der Waals surface area contributed by atoms with Crippen molar-refractivity contribution in [3.63, 3.8) is 0 Å². The van der Waals surface area contributed by atoms with E-state index >= 15 is 0 Å². The summed E-state index contributed by atoms with van der Waals surface area (Å²) in [6, 6.07) is 3.77. The van der Waals surface area contributed by atoms with Crippen LogP contribution in [0.2, 0.25) is 5.02 Å². The van der Waals surface area contributed by atoms with Crippen molar-refractivity contribution in [2.75, 3.05) is 40.5 Å². The second kappa shape index (κ2) is 15.0. The zero-order chi connectivity index (χ0) is 19.4. The van der Waals surface area contributed by atoms with Gasteiger partial charge in [0.1, 0.15) is 0 Å². The fourth-order valence-corrected chi connectivity index (χ4v) is 2.52. The highest BCUT2D eigenvalue weighted by molar-refractivity contribution is 14.0. The van der Waals surface area contributed by atoms with Crippen molar-refractivity contribution in [3.05, 3.63) is 22.7 Å². The molecule has 0 radical (unpaired) electrons. The van der Waals surface area contributed by atoms with Crippen molar-refractivity contribution in [1.82, 2.24) is 10.6 Å². The Morgan fingerprint density at radius 2 is 1.96 bits per heavy atom. The van der Waals surface area contributed by atoms with Crippen LogP contribution in [0.15, 0.2) is 17.1 Å². The van der Waals surface area contributed by atoms with Gasteiger partial charge in [0, 0.05) is 26.7 Å². The van der Waals surface area contributed by atoms with Crippen molar-refractivity contribution in [2.24, 2.45) is 10.9 Å². The molecule has 0 spiro atoms. The van der Waals surface area contributed by atoms with Crippen molar-refractivity contribution in [1.29, 1.82) is 0 Å². The lowest BCUT2D eigenvalue weighted by molar-refractivity contribution is 0.128. The maximum atomic E-state index is 6.30. The van der Waals surface area contributed by atoms with Crippen LogP contribution >= 0.6 is 35.6 Å². The molecular weight excluding hydrogens is 481 g/mol. The first kappa shape index (κ1) is 26.1. The Kier molecular flexibility index (Phi) is 14.5. The second-order valence-corrected chi connectivity index (χ2v) is 6.60. The SMILES string of the molecule is CCOc1c(Cl)cc(CNC(=NC)NCCOCCC(C)C)cc1OC.I. The summed E-state index contributed by atoms with van der Waals surface area (Å²) in [5.74, 6) is 2.57. The third-order valence-corrected chi connectivity index (χ3v) is 3.92. The quantitative estimate of drug-likeness (QED) is 0.202. The van der Waals surface area contributed by atoms with Crippen LogP contribution in [0.25, 0.3) is 0 Å². The van der Waals surface area contributed by atoms with Gasteiger partial charge in [0.2, 0.25) is 0 Å². The summed E-state index contributed by atoms with van der Waals surface area (Å²) in [6.45, 7) is 9.52. The Labute approximate surface area is 185 Å². The van der Waals surface area contributed by atoms with Gasteiger partial charge in [-0.15, -0.1) is 24.0 Å². The molecule has 156 valence electrons. The van der Waals surface area contributed by atoms with Gasteiger partial charge in [-0.05, 0) is 37.0 Å². The summed E-state index contributed by atoms with van der Waals surface area (Å²) in [7, 11) is 3.34. The topological polar surface area (TPSA) is 64.1 Å². The number of hydrogen-bond acceptors (Lipinski definition) is 4. The zero-order valence-corrected chi connectivity index (χ0v) is 20.0. The van der Waals surface area contributed by atoms with Gasteiger partial charge in [0.05, 0.1) is 25.3 Å². The number of guanidine groups is 1. The molecule has 2 N–H and O–H groups in total. The van der Waals surface area contributed by atoms with Gasteiger partial charge in [-0.3, -0.25) is 4.99 Å². The fourth-order valence-electron chi connectivity index (χ4n) is 2.23. The lowest BCUT2D eigenvalue weighted by Crippen LogP contribution is -2.38. The molecule has 1 aromatic rings. The van der Waals surface area contributed by atoms with Crippen LogP contribution < -0.4 is 20.1 Å². The molecule has 1 rings (SSSR count). The molecule has 0 aromatic heterocycles. The average molecular weight is 514 g/mol. The molecule has 0 bridgehead atoms. The molecule has 0 amide bonds. The van der Waals surface area contributed by atoms with E-state index in [1.54, 1.807) is 14.2 Å². The number of nitrogens with zero attached hydrogens (tertiary/aromatic N) is 1. The van der Waals surface area contributed by atoms with Gasteiger partial charge in [-0.1, -0.05) is 25.4 Å². The fraction of sp³-hybridized carbons (Fsp3) is 0.632. The van der Waals surface area contributed by atoms with E-state index in [4.69, 9.17) is 25.8 Å². The summed E-state index contributed by atoms with van der Waals surface area (Å²) >= 11 is 6.30. The van der Waals surface area contributed by atoms with Crippen LogP contribution in [0.4, 0.5) is 0 Å². The van der Waals surface area contributed by atoms with E-state index in [9.17, 15) is 0 Å². The number of rotatable bonds is 11. The van der Waals surface area contributed by atoms with Gasteiger partial charge >= 0.3 is 0 Å². The predicted molar refractivity (Wildman–Crippen MR) is 123 cm³/mol. The molecule has 0 atom stereocenters. The maximum absolute atomic E-state index is 6.30. The van der Waals surface area contributed by atoms with Crippen LogP contribution in [-0.2, 0) is 11.3 Å². The molecule has 27 heavy (non-hydrogen) atoms. The van der Waals surface area contributed by atoms with Crippen molar-refractivity contribution in [2.45, 2.75) is 33.7 Å². The molecule has 8 heteroatoms. The molecule has 0 saturated heterocycles. The highest BCUT2D eigenvalue weighted by Crippen LogP contribution is 2.36. The van der Waals surface area contributed by atoms with Crippen LogP contribution in [-0.4, -0.2) is 46.5 Å². The molecule has 1 aromatic carbocycles. The number of halogens is 2. The number of methoxy groups -OCH3 is 1. The summed E-state index contributed by atoms with van der Waals surface area (Å²) < 4.78 is 16.5. The molecule has 0 aliphatic heterocycles. The number of hydrogen-bond donors (Lipinski definition) is 2. The number of nitrogens with one attached hydrogen (secondary N) is 2. The van der Waals surface area contributed by atoms with Gasteiger partial charge < -0.3 is 24.8 Å². The summed E-state index contributed by atoms with van der Waals surface area (Å²) in [4.78, 5) is 4.21. The Morgan fingerprint density at radius 1 is 1.22 bits per heavy atom. The number of ether oxygens (including phenoxy) is 3. The molecule has 0 heterocycles. The zero-order valence-electron chi connectivity index (χ0n) is 16.9. The number of aliphatic imine (C=N–C) groups is 1. The largest absolute Gasteiger partial charge is 0.493 e. The van der Waals surface area contributed by atoms with Gasteiger partial charge in [0.25, 0.3) is 0 Å². The van der Waals surface area contributed by atoms with Crippen molar-refractivity contribution >= 4 is 41.5 Å². The van der Waals surface area contributed by atoms with Gasteiger partial charge in [-0.25, -0.2) is 0 Å². The summed E-state index contributed by atoms with van der Waals surface area (Å²) in [6.07, 6.45) is 1.08. The molecular formula is C19H33ClIN3O3. The first-order valence-corrected chi connectivity index (χ1v) is 9.41.